The molecule has 0 radical (unpaired) electrons. The Morgan fingerprint density at radius 2 is 1.62 bits per heavy atom. The average molecular weight is 554 g/mol. The minimum Gasteiger partial charge on any atom is -0.455 e. The van der Waals surface area contributed by atoms with Gasteiger partial charge in [0, 0.05) is 13.2 Å². The summed E-state index contributed by atoms with van der Waals surface area (Å²) in [5, 5.41) is 11.2. The van der Waals surface area contributed by atoms with Crippen molar-refractivity contribution in [2.75, 3.05) is 20.3 Å². The highest BCUT2D eigenvalue weighted by Crippen LogP contribution is 2.41. The van der Waals surface area contributed by atoms with Crippen molar-refractivity contribution in [2.45, 2.75) is 18.3 Å². The van der Waals surface area contributed by atoms with Crippen molar-refractivity contribution in [3.05, 3.63) is 68.7 Å². The van der Waals surface area contributed by atoms with E-state index < -0.39 is 75.9 Å². The fourth-order valence-electron chi connectivity index (χ4n) is 2.98. The number of methoxy groups -OCH3 is 1. The molecule has 0 spiro atoms. The number of rotatable bonds is 12. The molecule has 0 amide bonds. The van der Waals surface area contributed by atoms with Gasteiger partial charge in [0.05, 0.1) is 15.5 Å². The molecule has 1 atom stereocenters. The number of alkyl halides is 3. The molecule has 4 N–H and O–H groups in total. The number of hydrogen-bond donors (Lipinski definition) is 2. The zero-order valence-corrected chi connectivity index (χ0v) is 19.5. The maximum atomic E-state index is 13.0. The lowest BCUT2D eigenvalue weighted by molar-refractivity contribution is -0.391. The highest BCUT2D eigenvalue weighted by Gasteiger charge is 2.55. The number of nitro groups is 1. The molecule has 0 fully saturated rings. The summed E-state index contributed by atoms with van der Waals surface area (Å²) in [6.07, 6.45) is -6.86. The number of carbonyl (C=O) groups is 2. The van der Waals surface area contributed by atoms with E-state index in [1.807, 2.05) is 0 Å². The summed E-state index contributed by atoms with van der Waals surface area (Å²) in [6.45, 7) is -1.88. The summed E-state index contributed by atoms with van der Waals surface area (Å²) in [6, 6.07) is 6.46. The van der Waals surface area contributed by atoms with Gasteiger partial charge in [-0.3, -0.25) is 19.8 Å². The SMILES string of the molecule is COC(Oc1ccc(C(F)(F)F)cc1Cl)C(OC(=O)CON)(OC(=O)CON)c1ccccc1[N+](=O)[O-]. The Morgan fingerprint density at radius 3 is 2.08 bits per heavy atom. The van der Waals surface area contributed by atoms with Crippen LogP contribution in [0.2, 0.25) is 5.02 Å². The first-order valence-electron chi connectivity index (χ1n) is 9.76. The Balaban J connectivity index is 2.76. The number of carbonyl (C=O) groups excluding carboxylic acids is 2. The third-order valence-electron chi connectivity index (χ3n) is 4.43. The lowest BCUT2D eigenvalue weighted by Crippen LogP contribution is -2.52. The first-order valence-corrected chi connectivity index (χ1v) is 10.1. The van der Waals surface area contributed by atoms with Crippen molar-refractivity contribution in [1.82, 2.24) is 0 Å². The molecule has 0 saturated heterocycles. The first kappa shape index (κ1) is 29.7. The van der Waals surface area contributed by atoms with E-state index in [9.17, 15) is 32.9 Å². The Hall–Kier alpha value is -3.54. The van der Waals surface area contributed by atoms with Crippen LogP contribution in [0.5, 0.6) is 5.75 Å². The van der Waals surface area contributed by atoms with Gasteiger partial charge < -0.3 is 18.9 Å². The molecule has 17 heteroatoms. The predicted octanol–water partition coefficient (Wildman–Crippen LogP) is 2.34. The molecule has 0 aromatic heterocycles. The largest absolute Gasteiger partial charge is 0.455 e. The molecule has 37 heavy (non-hydrogen) atoms. The molecule has 0 bridgehead atoms. The molecule has 2 aromatic rings. The number of benzene rings is 2. The summed E-state index contributed by atoms with van der Waals surface area (Å²) in [5.74, 6) is 3.72. The van der Waals surface area contributed by atoms with E-state index in [0.29, 0.717) is 12.1 Å². The molecular formula is C20H19ClF3N3O10. The fourth-order valence-corrected chi connectivity index (χ4v) is 3.21. The number of esters is 2. The number of hydrogen-bond acceptors (Lipinski definition) is 12. The predicted molar refractivity (Wildman–Crippen MR) is 115 cm³/mol. The molecule has 0 aliphatic heterocycles. The topological polar surface area (TPSA) is 185 Å². The Morgan fingerprint density at radius 1 is 1.05 bits per heavy atom. The molecule has 2 aromatic carbocycles. The van der Waals surface area contributed by atoms with E-state index >= 15 is 0 Å². The van der Waals surface area contributed by atoms with Gasteiger partial charge in [-0.25, -0.2) is 21.4 Å². The van der Waals surface area contributed by atoms with Gasteiger partial charge in [0.2, 0.25) is 0 Å². The number of nitro benzene ring substituents is 1. The number of nitrogens with two attached hydrogens (primary N) is 2. The standard InChI is InChI=1S/C20H19ClF3N3O10/c1-32-18(35-15-7-6-11(8-13(15)21)20(22,23)24)19(36-16(28)9-33-25,37-17(29)10-34-26)12-4-2-3-5-14(12)27(30)31/h2-8,18H,9-10,25-26H2,1H3. The third kappa shape index (κ3) is 7.25. The van der Waals surface area contributed by atoms with E-state index in [2.05, 4.69) is 9.68 Å². The smallest absolute Gasteiger partial charge is 0.416 e. The van der Waals surface area contributed by atoms with Crippen LogP contribution in [0.1, 0.15) is 11.1 Å². The van der Waals surface area contributed by atoms with Crippen molar-refractivity contribution in [1.29, 1.82) is 0 Å². The van der Waals surface area contributed by atoms with Gasteiger partial charge in [0.15, 0.2) is 13.2 Å². The van der Waals surface area contributed by atoms with Gasteiger partial charge >= 0.3 is 23.9 Å². The third-order valence-corrected chi connectivity index (χ3v) is 4.72. The summed E-state index contributed by atoms with van der Waals surface area (Å²) in [7, 11) is 0.951. The molecular weight excluding hydrogens is 535 g/mol. The number of para-hydroxylation sites is 1. The number of nitrogens with zero attached hydrogens (tertiary/aromatic N) is 1. The van der Waals surface area contributed by atoms with Crippen molar-refractivity contribution in [3.63, 3.8) is 0 Å². The van der Waals surface area contributed by atoms with E-state index in [0.717, 1.165) is 25.3 Å². The van der Waals surface area contributed by atoms with Crippen LogP contribution in [0.3, 0.4) is 0 Å². The van der Waals surface area contributed by atoms with Gasteiger partial charge in [-0.1, -0.05) is 23.7 Å². The molecule has 0 aliphatic rings. The minimum absolute atomic E-state index is 0.471. The second kappa shape index (κ2) is 12.6. The second-order valence-corrected chi connectivity index (χ2v) is 7.25. The highest BCUT2D eigenvalue weighted by molar-refractivity contribution is 6.32. The Kier molecular flexibility index (Phi) is 10.1. The molecule has 0 aliphatic carbocycles. The van der Waals surface area contributed by atoms with Crippen molar-refractivity contribution in [3.8, 4) is 5.75 Å². The molecule has 13 nitrogen and oxygen atoms in total. The summed E-state index contributed by atoms with van der Waals surface area (Å²) < 4.78 is 60.4. The normalized spacial score (nSPS) is 12.5. The second-order valence-electron chi connectivity index (χ2n) is 6.84. The van der Waals surface area contributed by atoms with E-state index in [-0.39, 0.29) is 0 Å². The minimum atomic E-state index is -4.74. The maximum Gasteiger partial charge on any atom is 0.416 e. The summed E-state index contributed by atoms with van der Waals surface area (Å²) in [5.41, 5.74) is -2.46. The number of halogens is 4. The first-order chi connectivity index (χ1) is 17.4. The zero-order chi connectivity index (χ0) is 27.8. The van der Waals surface area contributed by atoms with Crippen LogP contribution in [-0.2, 0) is 45.4 Å². The molecule has 0 saturated carbocycles. The van der Waals surface area contributed by atoms with Crippen molar-refractivity contribution in [2.24, 2.45) is 11.8 Å². The van der Waals surface area contributed by atoms with E-state index in [1.165, 1.54) is 12.1 Å². The van der Waals surface area contributed by atoms with Crippen LogP contribution in [0.15, 0.2) is 42.5 Å². The molecule has 202 valence electrons. The van der Waals surface area contributed by atoms with Gasteiger partial charge in [0.25, 0.3) is 12.0 Å². The Labute approximate surface area is 210 Å². The fraction of sp³-hybridized carbons (Fsp3) is 0.300. The molecule has 1 unspecified atom stereocenters. The van der Waals surface area contributed by atoms with E-state index in [1.54, 1.807) is 0 Å². The van der Waals surface area contributed by atoms with Crippen LogP contribution in [-0.4, -0.2) is 43.5 Å². The van der Waals surface area contributed by atoms with Gasteiger partial charge in [-0.05, 0) is 24.3 Å². The van der Waals surface area contributed by atoms with Crippen LogP contribution < -0.4 is 16.5 Å². The quantitative estimate of drug-likeness (QED) is 0.169. The van der Waals surface area contributed by atoms with Crippen LogP contribution >= 0.6 is 11.6 Å². The monoisotopic (exact) mass is 553 g/mol. The van der Waals surface area contributed by atoms with Crippen LogP contribution in [0.25, 0.3) is 0 Å². The Bertz CT molecular complexity index is 1120. The zero-order valence-electron chi connectivity index (χ0n) is 18.7. The van der Waals surface area contributed by atoms with E-state index in [4.69, 9.17) is 42.3 Å². The number of ether oxygens (including phenoxy) is 4. The van der Waals surface area contributed by atoms with Gasteiger partial charge in [-0.2, -0.15) is 13.2 Å². The lowest BCUT2D eigenvalue weighted by atomic mass is 10.0. The summed E-state index contributed by atoms with van der Waals surface area (Å²) in [4.78, 5) is 44.2. The average Bonchev–Trinajstić information content (AvgIpc) is 2.82. The molecule has 0 heterocycles. The highest BCUT2D eigenvalue weighted by atomic mass is 35.5. The van der Waals surface area contributed by atoms with Crippen LogP contribution in [0, 0.1) is 10.1 Å². The van der Waals surface area contributed by atoms with Gasteiger partial charge in [-0.15, -0.1) is 0 Å². The molecule has 2 rings (SSSR count). The van der Waals surface area contributed by atoms with Crippen molar-refractivity contribution < 1.29 is 56.3 Å². The van der Waals surface area contributed by atoms with Crippen LogP contribution in [0.4, 0.5) is 18.9 Å². The lowest BCUT2D eigenvalue weighted by Gasteiger charge is -2.37. The van der Waals surface area contributed by atoms with Crippen molar-refractivity contribution >= 4 is 29.2 Å². The maximum absolute atomic E-state index is 13.0. The summed E-state index contributed by atoms with van der Waals surface area (Å²) >= 11 is 5.95. The van der Waals surface area contributed by atoms with Gasteiger partial charge in [0.1, 0.15) is 11.3 Å².